The molecule has 2 heterocycles. The summed E-state index contributed by atoms with van der Waals surface area (Å²) in [5.74, 6) is 0. The van der Waals surface area contributed by atoms with Crippen LogP contribution < -0.4 is 0 Å². The average Bonchev–Trinajstić information content (AvgIpc) is 2.49. The minimum Gasteiger partial charge on any atom is -0.293 e. The summed E-state index contributed by atoms with van der Waals surface area (Å²) in [6, 6.07) is 12.0. The van der Waals surface area contributed by atoms with Crippen molar-refractivity contribution in [1.82, 2.24) is 14.9 Å². The Morgan fingerprint density at radius 3 is 1.95 bits per heavy atom. The van der Waals surface area contributed by atoms with Crippen LogP contribution >= 0.6 is 0 Å². The van der Waals surface area contributed by atoms with Crippen molar-refractivity contribution in [2.75, 3.05) is 13.1 Å². The lowest BCUT2D eigenvalue weighted by Gasteiger charge is -2.20. The molecule has 0 aliphatic carbocycles. The van der Waals surface area contributed by atoms with Crippen LogP contribution in [0.3, 0.4) is 0 Å². The van der Waals surface area contributed by atoms with Gasteiger partial charge >= 0.3 is 0 Å². The molecule has 0 radical (unpaired) electrons. The van der Waals surface area contributed by atoms with E-state index in [-0.39, 0.29) is 0 Å². The molecule has 4 nitrogen and oxygen atoms in total. The van der Waals surface area contributed by atoms with Gasteiger partial charge in [0.05, 0.1) is 17.9 Å². The van der Waals surface area contributed by atoms with Crippen LogP contribution in [-0.2, 0) is 13.1 Å². The Bertz CT molecular complexity index is 506. The maximum Gasteiger partial charge on any atom is 0.0544 e. The van der Waals surface area contributed by atoms with E-state index in [0.717, 1.165) is 43.3 Å². The SMILES string of the molecule is CC(C)=NCCN(Cc1ccccn1)Cc1ccccn1. The van der Waals surface area contributed by atoms with Crippen molar-refractivity contribution in [2.45, 2.75) is 26.9 Å². The first kappa shape index (κ1) is 15.3. The standard InChI is InChI=1S/C17H22N4/c1-15(2)18-11-12-21(13-16-7-3-5-9-19-16)14-17-8-4-6-10-20-17/h3-10H,11-14H2,1-2H3. The average molecular weight is 282 g/mol. The Balaban J connectivity index is 2.01. The molecule has 0 aliphatic heterocycles. The van der Waals surface area contributed by atoms with Crippen molar-refractivity contribution in [3.05, 3.63) is 60.2 Å². The van der Waals surface area contributed by atoms with E-state index < -0.39 is 0 Å². The molecule has 0 N–H and O–H groups in total. The molecule has 0 saturated heterocycles. The fourth-order valence-corrected chi connectivity index (χ4v) is 2.07. The largest absolute Gasteiger partial charge is 0.293 e. The first-order valence-electron chi connectivity index (χ1n) is 7.24. The van der Waals surface area contributed by atoms with Gasteiger partial charge in [0.2, 0.25) is 0 Å². The summed E-state index contributed by atoms with van der Waals surface area (Å²) in [4.78, 5) is 15.6. The second-order valence-electron chi connectivity index (χ2n) is 5.18. The van der Waals surface area contributed by atoms with Crippen molar-refractivity contribution in [3.63, 3.8) is 0 Å². The number of pyridine rings is 2. The highest BCUT2D eigenvalue weighted by Gasteiger charge is 2.08. The van der Waals surface area contributed by atoms with Gasteiger partial charge in [-0.2, -0.15) is 0 Å². The summed E-state index contributed by atoms with van der Waals surface area (Å²) in [7, 11) is 0. The number of nitrogens with zero attached hydrogens (tertiary/aromatic N) is 4. The number of rotatable bonds is 7. The Labute approximate surface area is 126 Å². The van der Waals surface area contributed by atoms with Crippen LogP contribution in [0.25, 0.3) is 0 Å². The van der Waals surface area contributed by atoms with Crippen LogP contribution in [0.15, 0.2) is 53.8 Å². The summed E-state index contributed by atoms with van der Waals surface area (Å²) in [5.41, 5.74) is 3.27. The van der Waals surface area contributed by atoms with Crippen molar-refractivity contribution < 1.29 is 0 Å². The molecule has 0 aliphatic rings. The molecule has 110 valence electrons. The first-order chi connectivity index (χ1) is 10.2. The van der Waals surface area contributed by atoms with Gasteiger partial charge < -0.3 is 0 Å². The van der Waals surface area contributed by atoms with E-state index in [9.17, 15) is 0 Å². The fourth-order valence-electron chi connectivity index (χ4n) is 2.07. The predicted octanol–water partition coefficient (Wildman–Crippen LogP) is 2.96. The first-order valence-corrected chi connectivity index (χ1v) is 7.24. The van der Waals surface area contributed by atoms with Gasteiger partial charge in [-0.15, -0.1) is 0 Å². The van der Waals surface area contributed by atoms with E-state index in [2.05, 4.69) is 32.0 Å². The molecule has 2 aromatic heterocycles. The number of hydrogen-bond donors (Lipinski definition) is 0. The van der Waals surface area contributed by atoms with Gasteiger partial charge in [-0.1, -0.05) is 12.1 Å². The third-order valence-corrected chi connectivity index (χ3v) is 3.07. The van der Waals surface area contributed by atoms with Crippen molar-refractivity contribution >= 4 is 5.71 Å². The smallest absolute Gasteiger partial charge is 0.0544 e. The molecule has 2 rings (SSSR count). The van der Waals surface area contributed by atoms with E-state index in [0.29, 0.717) is 0 Å². The van der Waals surface area contributed by atoms with Crippen molar-refractivity contribution in [3.8, 4) is 0 Å². The zero-order valence-electron chi connectivity index (χ0n) is 12.7. The molecule has 21 heavy (non-hydrogen) atoms. The lowest BCUT2D eigenvalue weighted by molar-refractivity contribution is 0.258. The molecule has 0 fully saturated rings. The summed E-state index contributed by atoms with van der Waals surface area (Å²) >= 11 is 0. The van der Waals surface area contributed by atoms with Crippen LogP contribution in [0.4, 0.5) is 0 Å². The molecular weight excluding hydrogens is 260 g/mol. The van der Waals surface area contributed by atoms with E-state index in [1.807, 2.05) is 50.5 Å². The monoisotopic (exact) mass is 282 g/mol. The highest BCUT2D eigenvalue weighted by atomic mass is 15.1. The summed E-state index contributed by atoms with van der Waals surface area (Å²) in [6.07, 6.45) is 3.67. The van der Waals surface area contributed by atoms with Crippen LogP contribution in [0, 0.1) is 0 Å². The van der Waals surface area contributed by atoms with E-state index in [4.69, 9.17) is 0 Å². The Kier molecular flexibility index (Phi) is 6.03. The summed E-state index contributed by atoms with van der Waals surface area (Å²) < 4.78 is 0. The third-order valence-electron chi connectivity index (χ3n) is 3.07. The van der Waals surface area contributed by atoms with Gasteiger partial charge in [-0.05, 0) is 38.1 Å². The van der Waals surface area contributed by atoms with E-state index in [1.165, 1.54) is 0 Å². The zero-order chi connectivity index (χ0) is 14.9. The number of hydrogen-bond acceptors (Lipinski definition) is 4. The highest BCUT2D eigenvalue weighted by Crippen LogP contribution is 2.06. The van der Waals surface area contributed by atoms with Crippen LogP contribution in [0.1, 0.15) is 25.2 Å². The second-order valence-corrected chi connectivity index (χ2v) is 5.18. The second kappa shape index (κ2) is 8.27. The van der Waals surface area contributed by atoms with Gasteiger partial charge in [0.1, 0.15) is 0 Å². The molecule has 2 aromatic rings. The molecule has 0 unspecified atom stereocenters. The third kappa shape index (κ3) is 5.83. The van der Waals surface area contributed by atoms with Gasteiger partial charge in [0, 0.05) is 37.7 Å². The molecule has 0 atom stereocenters. The van der Waals surface area contributed by atoms with E-state index >= 15 is 0 Å². The van der Waals surface area contributed by atoms with Crippen LogP contribution in [0.2, 0.25) is 0 Å². The zero-order valence-corrected chi connectivity index (χ0v) is 12.7. The van der Waals surface area contributed by atoms with Gasteiger partial charge in [0.15, 0.2) is 0 Å². The molecular formula is C17H22N4. The quantitative estimate of drug-likeness (QED) is 0.733. The fraction of sp³-hybridized carbons (Fsp3) is 0.353. The molecule has 0 aromatic carbocycles. The lowest BCUT2D eigenvalue weighted by Crippen LogP contribution is -2.26. The van der Waals surface area contributed by atoms with Gasteiger partial charge in [-0.3, -0.25) is 19.9 Å². The van der Waals surface area contributed by atoms with Gasteiger partial charge in [0.25, 0.3) is 0 Å². The molecule has 4 heteroatoms. The van der Waals surface area contributed by atoms with Gasteiger partial charge in [-0.25, -0.2) is 0 Å². The summed E-state index contributed by atoms with van der Waals surface area (Å²) in [6.45, 7) is 7.40. The van der Waals surface area contributed by atoms with Crippen molar-refractivity contribution in [2.24, 2.45) is 4.99 Å². The topological polar surface area (TPSA) is 41.4 Å². The Morgan fingerprint density at radius 1 is 0.952 bits per heavy atom. The maximum atomic E-state index is 4.48. The normalized spacial score (nSPS) is 10.6. The van der Waals surface area contributed by atoms with E-state index in [1.54, 1.807) is 0 Å². The van der Waals surface area contributed by atoms with Crippen molar-refractivity contribution in [1.29, 1.82) is 0 Å². The lowest BCUT2D eigenvalue weighted by atomic mass is 10.3. The maximum absolute atomic E-state index is 4.48. The predicted molar refractivity (Wildman–Crippen MR) is 86.2 cm³/mol. The number of aromatic nitrogens is 2. The minimum atomic E-state index is 0.808. The Morgan fingerprint density at radius 2 is 1.52 bits per heavy atom. The van der Waals surface area contributed by atoms with Crippen LogP contribution in [-0.4, -0.2) is 33.7 Å². The number of aliphatic imine (C=N–C) groups is 1. The summed E-state index contributed by atoms with van der Waals surface area (Å²) in [5, 5.41) is 0. The highest BCUT2D eigenvalue weighted by molar-refractivity contribution is 5.79. The molecule has 0 amide bonds. The minimum absolute atomic E-state index is 0.808. The molecule has 0 saturated carbocycles. The van der Waals surface area contributed by atoms with Crippen LogP contribution in [0.5, 0.6) is 0 Å². The Hall–Kier alpha value is -2.07. The molecule has 0 spiro atoms. The molecule has 0 bridgehead atoms.